The summed E-state index contributed by atoms with van der Waals surface area (Å²) < 4.78 is 6.76. The highest BCUT2D eigenvalue weighted by atomic mass is 32.2. The van der Waals surface area contributed by atoms with Gasteiger partial charge in [-0.25, -0.2) is 9.97 Å². The number of likely N-dealkylation sites (N-methyl/N-ethyl adjacent to an activating group) is 1. The van der Waals surface area contributed by atoms with Gasteiger partial charge in [-0.05, 0) is 23.8 Å². The zero-order valence-corrected chi connectivity index (χ0v) is 19.4. The summed E-state index contributed by atoms with van der Waals surface area (Å²) in [6.45, 7) is 6.24. The molecule has 7 nitrogen and oxygen atoms in total. The van der Waals surface area contributed by atoms with E-state index in [9.17, 15) is 9.59 Å². The topological polar surface area (TPSA) is 97.1 Å². The number of nitrogens with one attached hydrogen (secondary N) is 2. The van der Waals surface area contributed by atoms with E-state index in [2.05, 4.69) is 41.4 Å². The lowest BCUT2D eigenvalue weighted by Crippen LogP contribution is -2.13. The summed E-state index contributed by atoms with van der Waals surface area (Å²) in [5, 5.41) is 5.85. The second kappa shape index (κ2) is 9.93. The minimum Gasteiger partial charge on any atom is -0.444 e. The van der Waals surface area contributed by atoms with Crippen molar-refractivity contribution in [2.24, 2.45) is 0 Å². The van der Waals surface area contributed by atoms with E-state index in [4.69, 9.17) is 4.42 Å². The van der Waals surface area contributed by atoms with Gasteiger partial charge in [-0.15, -0.1) is 11.8 Å². The van der Waals surface area contributed by atoms with Gasteiger partial charge in [0, 0.05) is 24.1 Å². The molecule has 0 aliphatic rings. The molecule has 0 saturated carbocycles. The number of carbonyl (C=O) groups excluding carboxylic acids is 2. The van der Waals surface area contributed by atoms with Gasteiger partial charge in [0.15, 0.2) is 5.13 Å². The predicted molar refractivity (Wildman–Crippen MR) is 124 cm³/mol. The third-order valence-electron chi connectivity index (χ3n) is 4.18. The molecule has 0 unspecified atom stereocenters. The van der Waals surface area contributed by atoms with Crippen molar-refractivity contribution in [1.29, 1.82) is 0 Å². The summed E-state index contributed by atoms with van der Waals surface area (Å²) in [7, 11) is 1.57. The number of carbonyl (C=O) groups is 2. The molecule has 2 heterocycles. The summed E-state index contributed by atoms with van der Waals surface area (Å²) >= 11 is 2.96. The first-order valence-electron chi connectivity index (χ1n) is 9.59. The normalized spacial score (nSPS) is 11.6. The molecule has 9 heteroatoms. The molecule has 0 aliphatic carbocycles. The number of hydrogen-bond acceptors (Lipinski definition) is 7. The maximum absolute atomic E-state index is 12.5. The number of hydrogen-bond donors (Lipinski definition) is 2. The van der Waals surface area contributed by atoms with E-state index in [1.54, 1.807) is 61.5 Å². The first kappa shape index (κ1) is 22.8. The lowest BCUT2D eigenvalue weighted by molar-refractivity contribution is -0.115. The number of anilines is 1. The number of aromatic nitrogens is 2. The van der Waals surface area contributed by atoms with Crippen molar-refractivity contribution in [2.45, 2.75) is 36.1 Å². The molecular weight excluding hydrogens is 432 g/mol. The van der Waals surface area contributed by atoms with Crippen LogP contribution in [0.5, 0.6) is 0 Å². The Labute approximate surface area is 189 Å². The van der Waals surface area contributed by atoms with Crippen LogP contribution >= 0.6 is 23.1 Å². The number of amides is 2. The third-order valence-corrected chi connectivity index (χ3v) is 6.27. The van der Waals surface area contributed by atoms with Crippen molar-refractivity contribution >= 4 is 46.1 Å². The Kier molecular flexibility index (Phi) is 7.29. The summed E-state index contributed by atoms with van der Waals surface area (Å²) in [6.07, 6.45) is 6.62. The molecule has 162 valence electrons. The molecule has 0 aliphatic heterocycles. The molecule has 2 amide bonds. The van der Waals surface area contributed by atoms with Gasteiger partial charge < -0.3 is 9.73 Å². The zero-order chi connectivity index (χ0) is 22.4. The van der Waals surface area contributed by atoms with Crippen molar-refractivity contribution in [3.8, 4) is 0 Å². The van der Waals surface area contributed by atoms with E-state index in [1.165, 1.54) is 17.4 Å². The number of oxazole rings is 1. The Morgan fingerprint density at radius 2 is 1.90 bits per heavy atom. The molecule has 0 fully saturated rings. The van der Waals surface area contributed by atoms with E-state index in [0.29, 0.717) is 22.3 Å². The first-order valence-corrected chi connectivity index (χ1v) is 11.4. The largest absolute Gasteiger partial charge is 0.444 e. The molecule has 2 N–H and O–H groups in total. The van der Waals surface area contributed by atoms with Crippen molar-refractivity contribution in [2.75, 3.05) is 12.4 Å². The van der Waals surface area contributed by atoms with E-state index < -0.39 is 0 Å². The number of thiazole rings is 1. The maximum Gasteiger partial charge on any atom is 0.257 e. The SMILES string of the molecule is CNC(=O)C=Cc1ccc(C(=O)Nc2ncc(SCc3ncc(C(C)(C)C)o3)s2)cc1. The van der Waals surface area contributed by atoms with Crippen LogP contribution in [0.3, 0.4) is 0 Å². The number of rotatable bonds is 7. The zero-order valence-electron chi connectivity index (χ0n) is 17.8. The van der Waals surface area contributed by atoms with Gasteiger partial charge in [-0.2, -0.15) is 0 Å². The quantitative estimate of drug-likeness (QED) is 0.394. The van der Waals surface area contributed by atoms with Gasteiger partial charge in [-0.3, -0.25) is 14.9 Å². The lowest BCUT2D eigenvalue weighted by atomic mass is 9.94. The fraction of sp³-hybridized carbons (Fsp3) is 0.273. The van der Waals surface area contributed by atoms with Crippen molar-refractivity contribution in [3.63, 3.8) is 0 Å². The number of benzene rings is 1. The van der Waals surface area contributed by atoms with Crippen molar-refractivity contribution in [3.05, 3.63) is 65.5 Å². The first-order chi connectivity index (χ1) is 14.7. The minimum atomic E-state index is -0.241. The van der Waals surface area contributed by atoms with Crippen LogP contribution in [0.1, 0.15) is 48.3 Å². The van der Waals surface area contributed by atoms with Crippen LogP contribution in [0.15, 0.2) is 51.4 Å². The highest BCUT2D eigenvalue weighted by molar-refractivity contribution is 8.00. The molecule has 0 bridgehead atoms. The standard InChI is InChI=1S/C22H24N4O3S2/c1-22(2,3)16-11-24-18(29-16)13-30-19-12-25-21(31-19)26-20(28)15-8-5-14(6-9-15)7-10-17(27)23-4/h5-12H,13H2,1-4H3,(H,23,27)(H,25,26,28). The van der Waals surface area contributed by atoms with Crippen LogP contribution in [0.2, 0.25) is 0 Å². The van der Waals surface area contributed by atoms with Crippen LogP contribution in [0, 0.1) is 0 Å². The molecule has 0 saturated heterocycles. The number of thioether (sulfide) groups is 1. The van der Waals surface area contributed by atoms with Gasteiger partial charge in [-0.1, -0.05) is 44.2 Å². The third kappa shape index (κ3) is 6.53. The Morgan fingerprint density at radius 3 is 2.55 bits per heavy atom. The molecule has 0 radical (unpaired) electrons. The van der Waals surface area contributed by atoms with E-state index in [1.807, 2.05) is 0 Å². The van der Waals surface area contributed by atoms with Gasteiger partial charge in [0.05, 0.1) is 22.4 Å². The van der Waals surface area contributed by atoms with E-state index >= 15 is 0 Å². The van der Waals surface area contributed by atoms with Crippen LogP contribution in [-0.4, -0.2) is 28.8 Å². The van der Waals surface area contributed by atoms with Crippen LogP contribution < -0.4 is 10.6 Å². The lowest BCUT2D eigenvalue weighted by Gasteiger charge is -2.12. The maximum atomic E-state index is 12.5. The highest BCUT2D eigenvalue weighted by Crippen LogP contribution is 2.32. The predicted octanol–water partition coefficient (Wildman–Crippen LogP) is 4.73. The van der Waals surface area contributed by atoms with Crippen LogP contribution in [-0.2, 0) is 16.0 Å². The van der Waals surface area contributed by atoms with Gasteiger partial charge in [0.1, 0.15) is 5.76 Å². The molecule has 31 heavy (non-hydrogen) atoms. The van der Waals surface area contributed by atoms with Gasteiger partial charge in [0.25, 0.3) is 5.91 Å². The van der Waals surface area contributed by atoms with Crippen molar-refractivity contribution in [1.82, 2.24) is 15.3 Å². The molecule has 3 rings (SSSR count). The molecule has 1 aromatic carbocycles. The van der Waals surface area contributed by atoms with Gasteiger partial charge in [0.2, 0.25) is 11.8 Å². The summed E-state index contributed by atoms with van der Waals surface area (Å²) in [5.41, 5.74) is 1.27. The second-order valence-corrected chi connectivity index (χ2v) is 9.97. The Bertz CT molecular complexity index is 1080. The highest BCUT2D eigenvalue weighted by Gasteiger charge is 2.19. The fourth-order valence-electron chi connectivity index (χ4n) is 2.41. The summed E-state index contributed by atoms with van der Waals surface area (Å²) in [4.78, 5) is 32.3. The molecule has 3 aromatic rings. The summed E-state index contributed by atoms with van der Waals surface area (Å²) in [5.74, 6) is 1.69. The number of nitrogens with zero attached hydrogens (tertiary/aromatic N) is 2. The molecule has 0 atom stereocenters. The van der Waals surface area contributed by atoms with Gasteiger partial charge >= 0.3 is 0 Å². The van der Waals surface area contributed by atoms with Crippen LogP contribution in [0.25, 0.3) is 6.08 Å². The molecule has 0 spiro atoms. The smallest absolute Gasteiger partial charge is 0.257 e. The average Bonchev–Trinajstić information content (AvgIpc) is 3.40. The Hall–Kier alpha value is -2.91. The van der Waals surface area contributed by atoms with Crippen LogP contribution in [0.4, 0.5) is 5.13 Å². The Balaban J connectivity index is 1.54. The molecule has 2 aromatic heterocycles. The van der Waals surface area contributed by atoms with E-state index in [-0.39, 0.29) is 17.2 Å². The second-order valence-electron chi connectivity index (χ2n) is 7.67. The molecular formula is C22H24N4O3S2. The van der Waals surface area contributed by atoms with E-state index in [0.717, 1.165) is 15.5 Å². The average molecular weight is 457 g/mol. The Morgan fingerprint density at radius 1 is 1.16 bits per heavy atom. The fourth-order valence-corrected chi connectivity index (χ4v) is 4.13. The van der Waals surface area contributed by atoms with Crippen molar-refractivity contribution < 1.29 is 14.0 Å². The monoisotopic (exact) mass is 456 g/mol. The minimum absolute atomic E-state index is 0.0729. The summed E-state index contributed by atoms with van der Waals surface area (Å²) in [6, 6.07) is 6.97.